The van der Waals surface area contributed by atoms with Crippen molar-refractivity contribution in [2.75, 3.05) is 11.9 Å². The van der Waals surface area contributed by atoms with Gasteiger partial charge in [0.15, 0.2) is 0 Å². The van der Waals surface area contributed by atoms with E-state index >= 15 is 0 Å². The van der Waals surface area contributed by atoms with E-state index in [1.54, 1.807) is 0 Å². The number of hydrogen-bond acceptors (Lipinski definition) is 3. The molecule has 2 rings (SSSR count). The maximum atomic E-state index is 10.6. The third kappa shape index (κ3) is 5.48. The Kier molecular flexibility index (Phi) is 7.06. The summed E-state index contributed by atoms with van der Waals surface area (Å²) in [4.78, 5) is 10.6. The molecular formula is C21H27ClN2O2. The molecule has 0 radical (unpaired) electrons. The molecule has 0 aromatic heterocycles. The Morgan fingerprint density at radius 1 is 1.12 bits per heavy atom. The Balaban J connectivity index is 2.07. The maximum absolute atomic E-state index is 10.6. The van der Waals surface area contributed by atoms with Gasteiger partial charge in [0, 0.05) is 29.8 Å². The van der Waals surface area contributed by atoms with Gasteiger partial charge < -0.3 is 15.7 Å². The smallest absolute Gasteiger partial charge is 0.304 e. The summed E-state index contributed by atoms with van der Waals surface area (Å²) in [5.74, 6) is -0.785. The fourth-order valence-electron chi connectivity index (χ4n) is 2.93. The highest BCUT2D eigenvalue weighted by atomic mass is 35.5. The first-order valence-corrected chi connectivity index (χ1v) is 9.21. The minimum atomic E-state index is -0.785. The molecule has 0 saturated heterocycles. The fourth-order valence-corrected chi connectivity index (χ4v) is 3.04. The molecular weight excluding hydrogens is 348 g/mol. The average Bonchev–Trinajstić information content (AvgIpc) is 2.58. The number of benzene rings is 2. The third-order valence-corrected chi connectivity index (χ3v) is 5.12. The standard InChI is InChI=1S/C21H27ClN2O2/c1-13-5-6-19(11-18(13)12-23-8-7-20(25)26)24-16(4)17-9-14(2)21(22)15(3)10-17/h5-6,9-11,16,23-24H,7-8,12H2,1-4H3,(H,25,26). The molecule has 5 heteroatoms. The minimum Gasteiger partial charge on any atom is -0.481 e. The highest BCUT2D eigenvalue weighted by Crippen LogP contribution is 2.27. The Bertz CT molecular complexity index is 767. The molecule has 0 fully saturated rings. The number of carbonyl (C=O) groups is 1. The maximum Gasteiger partial charge on any atom is 0.304 e. The van der Waals surface area contributed by atoms with Gasteiger partial charge in [-0.05, 0) is 67.6 Å². The number of carboxylic acids is 1. The third-order valence-electron chi connectivity index (χ3n) is 4.52. The zero-order valence-electron chi connectivity index (χ0n) is 15.8. The summed E-state index contributed by atoms with van der Waals surface area (Å²) in [5, 5.41) is 16.3. The number of aryl methyl sites for hydroxylation is 3. The molecule has 26 heavy (non-hydrogen) atoms. The van der Waals surface area contributed by atoms with Gasteiger partial charge in [-0.15, -0.1) is 0 Å². The van der Waals surface area contributed by atoms with Gasteiger partial charge in [-0.25, -0.2) is 0 Å². The quantitative estimate of drug-likeness (QED) is 0.569. The summed E-state index contributed by atoms with van der Waals surface area (Å²) in [6.45, 7) is 9.37. The van der Waals surface area contributed by atoms with Crippen LogP contribution >= 0.6 is 11.6 Å². The van der Waals surface area contributed by atoms with E-state index in [1.807, 2.05) is 13.8 Å². The van der Waals surface area contributed by atoms with Crippen molar-refractivity contribution in [2.45, 2.75) is 46.7 Å². The van der Waals surface area contributed by atoms with Crippen molar-refractivity contribution in [3.8, 4) is 0 Å². The van der Waals surface area contributed by atoms with Gasteiger partial charge in [-0.3, -0.25) is 4.79 Å². The predicted molar refractivity (Wildman–Crippen MR) is 108 cm³/mol. The number of nitrogens with one attached hydrogen (secondary N) is 2. The molecule has 1 atom stereocenters. The van der Waals surface area contributed by atoms with E-state index in [0.29, 0.717) is 13.1 Å². The van der Waals surface area contributed by atoms with Gasteiger partial charge in [0.25, 0.3) is 0 Å². The highest BCUT2D eigenvalue weighted by molar-refractivity contribution is 6.32. The van der Waals surface area contributed by atoms with Crippen molar-refractivity contribution in [3.05, 3.63) is 63.2 Å². The average molecular weight is 375 g/mol. The van der Waals surface area contributed by atoms with Crippen LogP contribution in [0.3, 0.4) is 0 Å². The van der Waals surface area contributed by atoms with Crippen LogP contribution in [-0.4, -0.2) is 17.6 Å². The lowest BCUT2D eigenvalue weighted by molar-refractivity contribution is -0.136. The topological polar surface area (TPSA) is 61.4 Å². The van der Waals surface area contributed by atoms with E-state index in [9.17, 15) is 4.79 Å². The van der Waals surface area contributed by atoms with Crippen molar-refractivity contribution in [1.82, 2.24) is 5.32 Å². The molecule has 0 bridgehead atoms. The van der Waals surface area contributed by atoms with Crippen LogP contribution in [-0.2, 0) is 11.3 Å². The van der Waals surface area contributed by atoms with E-state index in [2.05, 4.69) is 54.8 Å². The number of aliphatic carboxylic acids is 1. The predicted octanol–water partition coefficient (Wildman–Crippen LogP) is 5.00. The van der Waals surface area contributed by atoms with Gasteiger partial charge in [0.2, 0.25) is 0 Å². The second-order valence-electron chi connectivity index (χ2n) is 6.80. The van der Waals surface area contributed by atoms with E-state index in [-0.39, 0.29) is 12.5 Å². The van der Waals surface area contributed by atoms with E-state index in [4.69, 9.17) is 16.7 Å². The lowest BCUT2D eigenvalue weighted by Gasteiger charge is -2.19. The Labute approximate surface area is 160 Å². The number of carboxylic acid groups (broad SMARTS) is 1. The van der Waals surface area contributed by atoms with Gasteiger partial charge >= 0.3 is 5.97 Å². The van der Waals surface area contributed by atoms with Gasteiger partial charge in [-0.2, -0.15) is 0 Å². The Morgan fingerprint density at radius 3 is 2.38 bits per heavy atom. The van der Waals surface area contributed by atoms with E-state index in [1.165, 1.54) is 11.1 Å². The summed E-state index contributed by atoms with van der Waals surface area (Å²) in [6, 6.07) is 10.7. The molecule has 0 aliphatic heterocycles. The van der Waals surface area contributed by atoms with Crippen molar-refractivity contribution < 1.29 is 9.90 Å². The summed E-state index contributed by atoms with van der Waals surface area (Å²) in [7, 11) is 0. The van der Waals surface area contributed by atoms with E-state index in [0.717, 1.165) is 27.4 Å². The van der Waals surface area contributed by atoms with Gasteiger partial charge in [0.1, 0.15) is 0 Å². The molecule has 0 amide bonds. The molecule has 0 spiro atoms. The first kappa shape index (κ1) is 20.3. The molecule has 2 aromatic rings. The van der Waals surface area contributed by atoms with Crippen LogP contribution in [0.15, 0.2) is 30.3 Å². The number of halogens is 1. The zero-order chi connectivity index (χ0) is 19.3. The van der Waals surface area contributed by atoms with Crippen molar-refractivity contribution >= 4 is 23.3 Å². The Hall–Kier alpha value is -2.04. The van der Waals surface area contributed by atoms with Crippen LogP contribution in [0.5, 0.6) is 0 Å². The molecule has 3 N–H and O–H groups in total. The van der Waals surface area contributed by atoms with Crippen molar-refractivity contribution in [1.29, 1.82) is 0 Å². The number of hydrogen-bond donors (Lipinski definition) is 3. The number of anilines is 1. The van der Waals surface area contributed by atoms with Crippen LogP contribution in [0.25, 0.3) is 0 Å². The molecule has 2 aromatic carbocycles. The molecule has 0 aliphatic rings. The molecule has 0 aliphatic carbocycles. The Morgan fingerprint density at radius 2 is 1.77 bits per heavy atom. The SMILES string of the molecule is Cc1ccc(NC(C)c2cc(C)c(Cl)c(C)c2)cc1CNCCC(=O)O. The van der Waals surface area contributed by atoms with Crippen LogP contribution in [0, 0.1) is 20.8 Å². The minimum absolute atomic E-state index is 0.128. The highest BCUT2D eigenvalue weighted by Gasteiger charge is 2.10. The first-order valence-electron chi connectivity index (χ1n) is 8.83. The molecule has 140 valence electrons. The molecule has 0 heterocycles. The number of rotatable bonds is 8. The largest absolute Gasteiger partial charge is 0.481 e. The lowest BCUT2D eigenvalue weighted by atomic mass is 10.0. The van der Waals surface area contributed by atoms with Crippen molar-refractivity contribution in [3.63, 3.8) is 0 Å². The summed E-state index contributed by atoms with van der Waals surface area (Å²) >= 11 is 6.27. The summed E-state index contributed by atoms with van der Waals surface area (Å²) < 4.78 is 0. The molecule has 1 unspecified atom stereocenters. The van der Waals surface area contributed by atoms with Crippen LogP contribution in [0.4, 0.5) is 5.69 Å². The molecule has 0 saturated carbocycles. The fraction of sp³-hybridized carbons (Fsp3) is 0.381. The van der Waals surface area contributed by atoms with Gasteiger partial charge in [0.05, 0.1) is 6.42 Å². The van der Waals surface area contributed by atoms with Crippen LogP contribution in [0.1, 0.15) is 47.2 Å². The van der Waals surface area contributed by atoms with Crippen molar-refractivity contribution in [2.24, 2.45) is 0 Å². The van der Waals surface area contributed by atoms with Gasteiger partial charge in [-0.1, -0.05) is 29.8 Å². The monoisotopic (exact) mass is 374 g/mol. The normalized spacial score (nSPS) is 12.0. The summed E-state index contributed by atoms with van der Waals surface area (Å²) in [6.07, 6.45) is 0.128. The second kappa shape index (κ2) is 9.06. The van der Waals surface area contributed by atoms with Crippen LogP contribution in [0.2, 0.25) is 5.02 Å². The lowest BCUT2D eigenvalue weighted by Crippen LogP contribution is -2.18. The zero-order valence-corrected chi connectivity index (χ0v) is 16.6. The molecule has 4 nitrogen and oxygen atoms in total. The second-order valence-corrected chi connectivity index (χ2v) is 7.17. The first-order chi connectivity index (χ1) is 12.3. The summed E-state index contributed by atoms with van der Waals surface area (Å²) in [5.41, 5.74) is 6.76. The van der Waals surface area contributed by atoms with E-state index < -0.39 is 5.97 Å². The van der Waals surface area contributed by atoms with Crippen LogP contribution < -0.4 is 10.6 Å².